The lowest BCUT2D eigenvalue weighted by Gasteiger charge is -2.27. The second-order valence-corrected chi connectivity index (χ2v) is 5.30. The number of carbonyl (C=O) groups excluding carboxylic acids is 1. The number of aliphatic carboxylic acids is 1. The Kier molecular flexibility index (Phi) is 7.32. The number of hydrogen-bond acceptors (Lipinski definition) is 4. The normalized spacial score (nSPS) is 17.5. The smallest absolute Gasteiger partial charge is 0.317 e. The van der Waals surface area contributed by atoms with Crippen LogP contribution in [-0.4, -0.2) is 79.8 Å². The predicted octanol–water partition coefficient (Wildman–Crippen LogP) is -0.356. The molecule has 0 aromatic carbocycles. The van der Waals surface area contributed by atoms with Gasteiger partial charge in [-0.3, -0.25) is 4.79 Å². The van der Waals surface area contributed by atoms with E-state index in [0.29, 0.717) is 6.54 Å². The molecule has 1 rings (SSSR count). The van der Waals surface area contributed by atoms with Gasteiger partial charge >= 0.3 is 12.0 Å². The van der Waals surface area contributed by atoms with Gasteiger partial charge < -0.3 is 25.5 Å². The summed E-state index contributed by atoms with van der Waals surface area (Å²) < 4.78 is 0. The van der Waals surface area contributed by atoms with Crippen molar-refractivity contribution in [3.63, 3.8) is 0 Å². The van der Waals surface area contributed by atoms with Gasteiger partial charge in [-0.05, 0) is 13.0 Å². The Morgan fingerprint density at radius 2 is 2.05 bits per heavy atom. The number of carboxylic acids is 1. The van der Waals surface area contributed by atoms with Crippen LogP contribution in [0.2, 0.25) is 0 Å². The third-order valence-corrected chi connectivity index (χ3v) is 3.45. The maximum atomic E-state index is 11.8. The molecule has 7 heteroatoms. The van der Waals surface area contributed by atoms with E-state index in [1.165, 1.54) is 4.90 Å². The summed E-state index contributed by atoms with van der Waals surface area (Å²) in [4.78, 5) is 26.3. The summed E-state index contributed by atoms with van der Waals surface area (Å²) in [6.45, 7) is 7.60. The first-order chi connectivity index (χ1) is 9.50. The van der Waals surface area contributed by atoms with E-state index in [-0.39, 0.29) is 12.6 Å². The lowest BCUT2D eigenvalue weighted by atomic mass is 10.2. The van der Waals surface area contributed by atoms with Crippen molar-refractivity contribution in [1.29, 1.82) is 0 Å². The van der Waals surface area contributed by atoms with Gasteiger partial charge in [0.1, 0.15) is 0 Å². The molecule has 1 saturated heterocycles. The zero-order valence-electron chi connectivity index (χ0n) is 12.4. The summed E-state index contributed by atoms with van der Waals surface area (Å²) in [6, 6.07) is -0.210. The Labute approximate surface area is 120 Å². The fourth-order valence-corrected chi connectivity index (χ4v) is 2.14. The van der Waals surface area contributed by atoms with Gasteiger partial charge in [0, 0.05) is 46.3 Å². The van der Waals surface area contributed by atoms with Gasteiger partial charge in [0.2, 0.25) is 0 Å². The molecular formula is C13H26N4O3. The van der Waals surface area contributed by atoms with E-state index in [0.717, 1.165) is 39.1 Å². The Balaban J connectivity index is 2.10. The molecule has 1 aliphatic rings. The summed E-state index contributed by atoms with van der Waals surface area (Å²) in [6.07, 6.45) is 0.911. The molecule has 3 N–H and O–H groups in total. The van der Waals surface area contributed by atoms with Crippen molar-refractivity contribution >= 4 is 12.0 Å². The van der Waals surface area contributed by atoms with Crippen LogP contribution in [0.4, 0.5) is 4.79 Å². The van der Waals surface area contributed by atoms with Crippen LogP contribution in [0.1, 0.15) is 13.3 Å². The minimum atomic E-state index is -0.886. The van der Waals surface area contributed by atoms with E-state index >= 15 is 0 Å². The lowest BCUT2D eigenvalue weighted by molar-refractivity contribution is -0.141. The number of urea groups is 1. The van der Waals surface area contributed by atoms with Gasteiger partial charge in [-0.1, -0.05) is 6.92 Å². The van der Waals surface area contributed by atoms with E-state index in [1.54, 1.807) is 14.0 Å². The van der Waals surface area contributed by atoms with Crippen LogP contribution in [0.5, 0.6) is 0 Å². The van der Waals surface area contributed by atoms with Crippen LogP contribution in [-0.2, 0) is 4.79 Å². The fraction of sp³-hybridized carbons (Fsp3) is 0.846. The standard InChI is InChI=1S/C13H26N4O3/c1-11(12(18)19)10-16(2)13(20)15-4-3-7-17-8-5-14-6-9-17/h11,14H,3-10H2,1-2H3,(H,15,20)(H,18,19). The molecule has 20 heavy (non-hydrogen) atoms. The van der Waals surface area contributed by atoms with Crippen LogP contribution in [0.3, 0.4) is 0 Å². The summed E-state index contributed by atoms with van der Waals surface area (Å²) in [5.41, 5.74) is 0. The molecule has 7 nitrogen and oxygen atoms in total. The predicted molar refractivity (Wildman–Crippen MR) is 76.8 cm³/mol. The van der Waals surface area contributed by atoms with Crippen molar-refractivity contribution in [3.8, 4) is 0 Å². The van der Waals surface area contributed by atoms with E-state index in [9.17, 15) is 9.59 Å². The topological polar surface area (TPSA) is 84.9 Å². The Morgan fingerprint density at radius 3 is 2.65 bits per heavy atom. The van der Waals surface area contributed by atoms with Crippen molar-refractivity contribution in [2.45, 2.75) is 13.3 Å². The molecule has 2 amide bonds. The first-order valence-electron chi connectivity index (χ1n) is 7.15. The average Bonchev–Trinajstić information content (AvgIpc) is 2.44. The Bertz CT molecular complexity index is 319. The molecule has 0 spiro atoms. The summed E-state index contributed by atoms with van der Waals surface area (Å²) in [5.74, 6) is -1.44. The maximum absolute atomic E-state index is 11.8. The van der Waals surface area contributed by atoms with E-state index < -0.39 is 11.9 Å². The summed E-state index contributed by atoms with van der Waals surface area (Å²) >= 11 is 0. The van der Waals surface area contributed by atoms with Crippen molar-refractivity contribution in [2.24, 2.45) is 5.92 Å². The number of carbonyl (C=O) groups is 2. The highest BCUT2D eigenvalue weighted by Gasteiger charge is 2.17. The average molecular weight is 286 g/mol. The molecule has 1 atom stereocenters. The van der Waals surface area contributed by atoms with Crippen molar-refractivity contribution < 1.29 is 14.7 Å². The molecule has 1 unspecified atom stereocenters. The number of rotatable bonds is 7. The maximum Gasteiger partial charge on any atom is 0.317 e. The van der Waals surface area contributed by atoms with Gasteiger partial charge in [0.05, 0.1) is 5.92 Å². The van der Waals surface area contributed by atoms with Crippen LogP contribution in [0.25, 0.3) is 0 Å². The number of nitrogens with one attached hydrogen (secondary N) is 2. The molecule has 0 aromatic heterocycles. The third-order valence-electron chi connectivity index (χ3n) is 3.45. The van der Waals surface area contributed by atoms with Gasteiger partial charge in [0.15, 0.2) is 0 Å². The van der Waals surface area contributed by atoms with Crippen LogP contribution < -0.4 is 10.6 Å². The molecule has 0 aliphatic carbocycles. The van der Waals surface area contributed by atoms with E-state index in [2.05, 4.69) is 15.5 Å². The Morgan fingerprint density at radius 1 is 1.40 bits per heavy atom. The molecule has 1 heterocycles. The molecular weight excluding hydrogens is 260 g/mol. The first kappa shape index (κ1) is 16.7. The third kappa shape index (κ3) is 6.21. The fourth-order valence-electron chi connectivity index (χ4n) is 2.14. The highest BCUT2D eigenvalue weighted by atomic mass is 16.4. The summed E-state index contributed by atoms with van der Waals surface area (Å²) in [7, 11) is 1.62. The minimum absolute atomic E-state index is 0.210. The van der Waals surface area contributed by atoms with E-state index in [4.69, 9.17) is 5.11 Å². The molecule has 0 bridgehead atoms. The van der Waals surface area contributed by atoms with Crippen molar-refractivity contribution in [2.75, 3.05) is 52.9 Å². The summed E-state index contributed by atoms with van der Waals surface area (Å²) in [5, 5.41) is 14.9. The van der Waals surface area contributed by atoms with Gasteiger partial charge in [-0.2, -0.15) is 0 Å². The molecule has 1 aliphatic heterocycles. The van der Waals surface area contributed by atoms with Crippen LogP contribution in [0.15, 0.2) is 0 Å². The lowest BCUT2D eigenvalue weighted by Crippen LogP contribution is -2.45. The number of hydrogen-bond donors (Lipinski definition) is 3. The molecule has 116 valence electrons. The first-order valence-corrected chi connectivity index (χ1v) is 7.15. The monoisotopic (exact) mass is 286 g/mol. The number of nitrogens with zero attached hydrogens (tertiary/aromatic N) is 2. The molecule has 1 fully saturated rings. The second kappa shape index (κ2) is 8.76. The highest BCUT2D eigenvalue weighted by molar-refractivity contribution is 5.75. The number of amides is 2. The van der Waals surface area contributed by atoms with Crippen LogP contribution >= 0.6 is 0 Å². The van der Waals surface area contributed by atoms with Crippen molar-refractivity contribution in [1.82, 2.24) is 20.4 Å². The van der Waals surface area contributed by atoms with Gasteiger partial charge in [-0.25, -0.2) is 4.79 Å². The quantitative estimate of drug-likeness (QED) is 0.557. The zero-order valence-corrected chi connectivity index (χ0v) is 12.4. The Hall–Kier alpha value is -1.34. The molecule has 0 saturated carbocycles. The second-order valence-electron chi connectivity index (χ2n) is 5.30. The zero-order chi connectivity index (χ0) is 15.0. The van der Waals surface area contributed by atoms with Gasteiger partial charge in [-0.15, -0.1) is 0 Å². The van der Waals surface area contributed by atoms with E-state index in [1.807, 2.05) is 0 Å². The SMILES string of the molecule is CC(CN(C)C(=O)NCCCN1CCNCC1)C(=O)O. The molecule has 0 radical (unpaired) electrons. The number of carboxylic acid groups (broad SMARTS) is 1. The highest BCUT2D eigenvalue weighted by Crippen LogP contribution is 1.99. The number of piperazine rings is 1. The van der Waals surface area contributed by atoms with Crippen molar-refractivity contribution in [3.05, 3.63) is 0 Å². The largest absolute Gasteiger partial charge is 0.481 e. The van der Waals surface area contributed by atoms with Gasteiger partial charge in [0.25, 0.3) is 0 Å². The van der Waals surface area contributed by atoms with Crippen LogP contribution in [0, 0.1) is 5.92 Å². The molecule has 0 aromatic rings. The minimum Gasteiger partial charge on any atom is -0.481 e.